The molecule has 4 nitrogen and oxygen atoms in total. The molecule has 1 heterocycles. The summed E-state index contributed by atoms with van der Waals surface area (Å²) < 4.78 is 5.38. The van der Waals surface area contributed by atoms with E-state index in [2.05, 4.69) is 4.98 Å². The highest BCUT2D eigenvalue weighted by atomic mass is 32.2. The molecule has 2 rings (SSSR count). The van der Waals surface area contributed by atoms with E-state index in [1.807, 2.05) is 37.4 Å². The summed E-state index contributed by atoms with van der Waals surface area (Å²) in [5.41, 5.74) is 2.76. The lowest BCUT2D eigenvalue weighted by Gasteiger charge is -2.20. The van der Waals surface area contributed by atoms with Crippen molar-refractivity contribution in [3.8, 4) is 5.75 Å². The maximum Gasteiger partial charge on any atom is 0.256 e. The van der Waals surface area contributed by atoms with Gasteiger partial charge in [0, 0.05) is 25.4 Å². The zero-order valence-electron chi connectivity index (χ0n) is 13.3. The summed E-state index contributed by atoms with van der Waals surface area (Å²) in [6.07, 6.45) is 3.62. The summed E-state index contributed by atoms with van der Waals surface area (Å²) in [6, 6.07) is 9.57. The molecule has 0 bridgehead atoms. The van der Waals surface area contributed by atoms with Gasteiger partial charge in [-0.15, -0.1) is 11.8 Å². The lowest BCUT2D eigenvalue weighted by Crippen LogP contribution is -2.27. The Morgan fingerprint density at radius 3 is 2.82 bits per heavy atom. The summed E-state index contributed by atoms with van der Waals surface area (Å²) >= 11 is 1.47. The Bertz CT molecular complexity index is 673. The number of amides is 1. The van der Waals surface area contributed by atoms with Gasteiger partial charge >= 0.3 is 0 Å². The Balaban J connectivity index is 2.23. The molecule has 0 aliphatic carbocycles. The van der Waals surface area contributed by atoms with E-state index >= 15 is 0 Å². The zero-order valence-corrected chi connectivity index (χ0v) is 14.1. The van der Waals surface area contributed by atoms with Gasteiger partial charge in [0.25, 0.3) is 5.91 Å². The van der Waals surface area contributed by atoms with Crippen molar-refractivity contribution in [2.24, 2.45) is 0 Å². The molecule has 5 heteroatoms. The van der Waals surface area contributed by atoms with E-state index in [4.69, 9.17) is 4.74 Å². The maximum atomic E-state index is 12.6. The molecule has 1 aromatic carbocycles. The maximum absolute atomic E-state index is 12.6. The summed E-state index contributed by atoms with van der Waals surface area (Å²) in [5, 5.41) is 0.746. The second-order valence-corrected chi connectivity index (χ2v) is 5.83. The summed E-state index contributed by atoms with van der Waals surface area (Å²) in [6.45, 7) is 2.52. The smallest absolute Gasteiger partial charge is 0.256 e. The molecule has 1 aromatic heterocycles. The fraction of sp³-hybridized carbons (Fsp3) is 0.294. The number of hydrogen-bond acceptors (Lipinski definition) is 4. The van der Waals surface area contributed by atoms with Crippen LogP contribution in [0.5, 0.6) is 5.75 Å². The molecule has 0 saturated heterocycles. The summed E-state index contributed by atoms with van der Waals surface area (Å²) in [7, 11) is 3.43. The van der Waals surface area contributed by atoms with E-state index < -0.39 is 0 Å². The predicted octanol–water partition coefficient (Wildman–Crippen LogP) is 3.39. The summed E-state index contributed by atoms with van der Waals surface area (Å²) in [5.74, 6) is 0.752. The topological polar surface area (TPSA) is 42.4 Å². The van der Waals surface area contributed by atoms with Crippen LogP contribution in [0.4, 0.5) is 0 Å². The molecular formula is C17H20N2O2S. The predicted molar refractivity (Wildman–Crippen MR) is 89.5 cm³/mol. The van der Waals surface area contributed by atoms with Crippen molar-refractivity contribution in [1.82, 2.24) is 9.88 Å². The fourth-order valence-corrected chi connectivity index (χ4v) is 2.82. The van der Waals surface area contributed by atoms with Crippen molar-refractivity contribution in [1.29, 1.82) is 0 Å². The zero-order chi connectivity index (χ0) is 16.1. The van der Waals surface area contributed by atoms with Crippen LogP contribution in [0.2, 0.25) is 0 Å². The molecule has 116 valence electrons. The van der Waals surface area contributed by atoms with Gasteiger partial charge < -0.3 is 9.64 Å². The number of pyridine rings is 1. The van der Waals surface area contributed by atoms with Crippen molar-refractivity contribution in [2.45, 2.75) is 18.5 Å². The first kappa shape index (κ1) is 16.4. The second-order valence-electron chi connectivity index (χ2n) is 5.04. The molecule has 22 heavy (non-hydrogen) atoms. The van der Waals surface area contributed by atoms with Gasteiger partial charge in [-0.05, 0) is 31.4 Å². The van der Waals surface area contributed by atoms with Crippen LogP contribution in [0.15, 0.2) is 41.6 Å². The number of nitrogens with zero attached hydrogens (tertiary/aromatic N) is 2. The number of benzene rings is 1. The van der Waals surface area contributed by atoms with Gasteiger partial charge in [-0.1, -0.05) is 17.7 Å². The fourth-order valence-electron chi connectivity index (χ4n) is 2.28. The van der Waals surface area contributed by atoms with Gasteiger partial charge in [0.2, 0.25) is 0 Å². The first-order valence-corrected chi connectivity index (χ1v) is 8.17. The molecule has 0 N–H and O–H groups in total. The molecule has 0 unspecified atom stereocenters. The number of thioether (sulfide) groups is 1. The molecule has 0 aliphatic rings. The van der Waals surface area contributed by atoms with E-state index in [1.54, 1.807) is 31.3 Å². The SMILES string of the molecule is COc1ccc(C)cc1CN(C)C(=O)c1cccnc1SC. The van der Waals surface area contributed by atoms with Gasteiger partial charge in [-0.25, -0.2) is 4.98 Å². The molecule has 0 fully saturated rings. The van der Waals surface area contributed by atoms with E-state index in [-0.39, 0.29) is 5.91 Å². The van der Waals surface area contributed by atoms with Crippen molar-refractivity contribution >= 4 is 17.7 Å². The minimum absolute atomic E-state index is 0.0407. The first-order chi connectivity index (χ1) is 10.6. The second kappa shape index (κ2) is 7.31. The molecule has 2 aromatic rings. The largest absolute Gasteiger partial charge is 0.496 e. The Kier molecular flexibility index (Phi) is 5.44. The van der Waals surface area contributed by atoms with Crippen LogP contribution in [0.25, 0.3) is 0 Å². The number of aromatic nitrogens is 1. The minimum Gasteiger partial charge on any atom is -0.496 e. The average Bonchev–Trinajstić information content (AvgIpc) is 2.54. The van der Waals surface area contributed by atoms with Crippen molar-refractivity contribution < 1.29 is 9.53 Å². The third-order valence-corrected chi connectivity index (χ3v) is 4.10. The number of aryl methyl sites for hydroxylation is 1. The molecule has 0 atom stereocenters. The molecule has 0 aliphatic heterocycles. The van der Waals surface area contributed by atoms with Gasteiger partial charge in [0.1, 0.15) is 10.8 Å². The van der Waals surface area contributed by atoms with Gasteiger partial charge in [-0.3, -0.25) is 4.79 Å². The third kappa shape index (κ3) is 3.60. The lowest BCUT2D eigenvalue weighted by molar-refractivity contribution is 0.0780. The Labute approximate surface area is 135 Å². The number of carbonyl (C=O) groups is 1. The highest BCUT2D eigenvalue weighted by Gasteiger charge is 2.17. The third-order valence-electron chi connectivity index (χ3n) is 3.39. The number of methoxy groups -OCH3 is 1. The minimum atomic E-state index is -0.0407. The van der Waals surface area contributed by atoms with E-state index in [1.165, 1.54) is 11.8 Å². The van der Waals surface area contributed by atoms with Crippen LogP contribution in [0.3, 0.4) is 0 Å². The Hall–Kier alpha value is -2.01. The highest BCUT2D eigenvalue weighted by molar-refractivity contribution is 7.98. The molecule has 0 radical (unpaired) electrons. The number of rotatable bonds is 5. The summed E-state index contributed by atoms with van der Waals surface area (Å²) in [4.78, 5) is 18.6. The molecular weight excluding hydrogens is 296 g/mol. The number of hydrogen-bond donors (Lipinski definition) is 0. The number of ether oxygens (including phenoxy) is 1. The Morgan fingerprint density at radius 1 is 1.36 bits per heavy atom. The van der Waals surface area contributed by atoms with Gasteiger partial charge in [-0.2, -0.15) is 0 Å². The normalized spacial score (nSPS) is 10.4. The molecule has 0 spiro atoms. The van der Waals surface area contributed by atoms with Gasteiger partial charge in [0.15, 0.2) is 0 Å². The van der Waals surface area contributed by atoms with Gasteiger partial charge in [0.05, 0.1) is 12.7 Å². The first-order valence-electron chi connectivity index (χ1n) is 6.94. The highest BCUT2D eigenvalue weighted by Crippen LogP contribution is 2.23. The van der Waals surface area contributed by atoms with E-state index in [0.29, 0.717) is 12.1 Å². The van der Waals surface area contributed by atoms with Crippen LogP contribution in [-0.4, -0.2) is 36.2 Å². The number of carbonyl (C=O) groups excluding carboxylic acids is 1. The van der Waals surface area contributed by atoms with Crippen LogP contribution in [-0.2, 0) is 6.54 Å². The van der Waals surface area contributed by atoms with Crippen LogP contribution >= 0.6 is 11.8 Å². The average molecular weight is 316 g/mol. The van der Waals surface area contributed by atoms with E-state index in [9.17, 15) is 4.79 Å². The lowest BCUT2D eigenvalue weighted by atomic mass is 10.1. The standard InChI is InChI=1S/C17H20N2O2S/c1-12-7-8-15(21-3)13(10-12)11-19(2)17(20)14-6-5-9-18-16(14)22-4/h5-10H,11H2,1-4H3. The van der Waals surface area contributed by atoms with Crippen molar-refractivity contribution in [3.05, 3.63) is 53.2 Å². The van der Waals surface area contributed by atoms with E-state index in [0.717, 1.165) is 21.9 Å². The molecule has 0 saturated carbocycles. The molecule has 1 amide bonds. The van der Waals surface area contributed by atoms with Crippen molar-refractivity contribution in [2.75, 3.05) is 20.4 Å². The van der Waals surface area contributed by atoms with Crippen molar-refractivity contribution in [3.63, 3.8) is 0 Å². The van der Waals surface area contributed by atoms with Crippen LogP contribution < -0.4 is 4.74 Å². The monoisotopic (exact) mass is 316 g/mol. The Morgan fingerprint density at radius 2 is 2.14 bits per heavy atom. The van der Waals surface area contributed by atoms with Crippen LogP contribution in [0, 0.1) is 6.92 Å². The quantitative estimate of drug-likeness (QED) is 0.793. The van der Waals surface area contributed by atoms with Crippen LogP contribution in [0.1, 0.15) is 21.5 Å².